The van der Waals surface area contributed by atoms with E-state index < -0.39 is 0 Å². The Labute approximate surface area is 316 Å². The first-order valence-corrected chi connectivity index (χ1v) is 18.3. The smallest absolute Gasteiger partial charge is 0.188 e. The molecule has 5 nitrogen and oxygen atoms in total. The van der Waals surface area contributed by atoms with Gasteiger partial charge >= 0.3 is 0 Å². The first-order chi connectivity index (χ1) is 27.2. The van der Waals surface area contributed by atoms with E-state index in [0.717, 1.165) is 61.0 Å². The number of rotatable bonds is 4. The molecule has 0 aliphatic carbocycles. The van der Waals surface area contributed by atoms with Crippen LogP contribution in [0, 0.1) is 17.9 Å². The van der Waals surface area contributed by atoms with Crippen molar-refractivity contribution in [2.75, 3.05) is 0 Å². The standard InChI is InChI=1S/C50H29N5/c1-52-34-21-26-49-44(29-34)42-16-5-9-20-48(42)53(49)36-22-24-38(33(28-36)31-51)32-11-10-12-35(27-32)55-47-19-8-4-15-41(47)43-25-23-37(30-50(43)55)54-45-17-6-2-13-39(45)40-14-3-7-18-46(40)54/h2-30H. The highest BCUT2D eigenvalue weighted by molar-refractivity contribution is 6.12. The molecule has 55 heavy (non-hydrogen) atoms. The van der Waals surface area contributed by atoms with Crippen LogP contribution in [-0.2, 0) is 0 Å². The van der Waals surface area contributed by atoms with Crippen molar-refractivity contribution in [2.24, 2.45) is 0 Å². The van der Waals surface area contributed by atoms with Gasteiger partial charge in [-0.3, -0.25) is 0 Å². The average Bonchev–Trinajstić information content (AvgIpc) is 3.88. The van der Waals surface area contributed by atoms with Gasteiger partial charge in [0.1, 0.15) is 0 Å². The van der Waals surface area contributed by atoms with Gasteiger partial charge < -0.3 is 13.7 Å². The van der Waals surface area contributed by atoms with Crippen molar-refractivity contribution in [3.63, 3.8) is 0 Å². The first kappa shape index (κ1) is 30.7. The molecule has 0 amide bonds. The van der Waals surface area contributed by atoms with Gasteiger partial charge in [0.2, 0.25) is 0 Å². The third-order valence-corrected chi connectivity index (χ3v) is 11.1. The average molecular weight is 700 g/mol. The summed E-state index contributed by atoms with van der Waals surface area (Å²) in [4.78, 5) is 3.67. The first-order valence-electron chi connectivity index (χ1n) is 18.3. The molecule has 0 aliphatic heterocycles. The van der Waals surface area contributed by atoms with E-state index in [0.29, 0.717) is 11.3 Å². The minimum absolute atomic E-state index is 0.592. The van der Waals surface area contributed by atoms with E-state index in [1.54, 1.807) is 0 Å². The Morgan fingerprint density at radius 2 is 0.891 bits per heavy atom. The van der Waals surface area contributed by atoms with Crippen LogP contribution in [0.5, 0.6) is 0 Å². The molecule has 0 saturated heterocycles. The predicted octanol–water partition coefficient (Wildman–Crippen LogP) is 13.1. The third kappa shape index (κ3) is 4.51. The van der Waals surface area contributed by atoms with Gasteiger partial charge in [0.25, 0.3) is 0 Å². The summed E-state index contributed by atoms with van der Waals surface area (Å²) in [5.41, 5.74) is 12.7. The van der Waals surface area contributed by atoms with Crippen LogP contribution in [0.1, 0.15) is 5.56 Å². The molecule has 8 aromatic carbocycles. The fourth-order valence-corrected chi connectivity index (χ4v) is 8.71. The number of nitriles is 1. The molecular weight excluding hydrogens is 671 g/mol. The Bertz CT molecular complexity index is 3420. The van der Waals surface area contributed by atoms with Crippen LogP contribution in [0.3, 0.4) is 0 Å². The summed E-state index contributed by atoms with van der Waals surface area (Å²) in [6.45, 7) is 7.57. The maximum Gasteiger partial charge on any atom is 0.188 e. The van der Waals surface area contributed by atoms with Crippen molar-refractivity contribution in [1.29, 1.82) is 5.26 Å². The normalized spacial score (nSPS) is 11.6. The molecule has 11 aromatic rings. The fraction of sp³-hybridized carbons (Fsp3) is 0. The van der Waals surface area contributed by atoms with Crippen molar-refractivity contribution < 1.29 is 0 Å². The van der Waals surface area contributed by atoms with Crippen LogP contribution in [0.4, 0.5) is 5.69 Å². The van der Waals surface area contributed by atoms with Gasteiger partial charge in [-0.05, 0) is 89.3 Å². The van der Waals surface area contributed by atoms with Crippen molar-refractivity contribution in [3.05, 3.63) is 193 Å². The summed E-state index contributed by atoms with van der Waals surface area (Å²) >= 11 is 0. The highest BCUT2D eigenvalue weighted by atomic mass is 15.0. The van der Waals surface area contributed by atoms with Crippen LogP contribution >= 0.6 is 0 Å². The lowest BCUT2D eigenvalue weighted by atomic mass is 9.99. The van der Waals surface area contributed by atoms with Gasteiger partial charge in [0, 0.05) is 44.0 Å². The number of nitrogens with zero attached hydrogens (tertiary/aromatic N) is 5. The molecule has 0 N–H and O–H groups in total. The maximum atomic E-state index is 10.6. The second-order valence-corrected chi connectivity index (χ2v) is 14.0. The summed E-state index contributed by atoms with van der Waals surface area (Å²) in [6, 6.07) is 63.8. The number of para-hydroxylation sites is 4. The van der Waals surface area contributed by atoms with Gasteiger partial charge in [-0.25, -0.2) is 4.85 Å². The maximum absolute atomic E-state index is 10.6. The zero-order valence-corrected chi connectivity index (χ0v) is 29.5. The van der Waals surface area contributed by atoms with E-state index in [9.17, 15) is 5.26 Å². The summed E-state index contributed by atoms with van der Waals surface area (Å²) in [7, 11) is 0. The molecule has 0 atom stereocenters. The van der Waals surface area contributed by atoms with E-state index in [-0.39, 0.29) is 0 Å². The topological polar surface area (TPSA) is 42.9 Å². The van der Waals surface area contributed by atoms with E-state index in [1.807, 2.05) is 36.4 Å². The number of aromatic nitrogens is 3. The highest BCUT2D eigenvalue weighted by Crippen LogP contribution is 2.39. The Hall–Kier alpha value is -7.86. The largest absolute Gasteiger partial charge is 0.309 e. The van der Waals surface area contributed by atoms with Crippen LogP contribution < -0.4 is 0 Å². The van der Waals surface area contributed by atoms with Crippen LogP contribution in [-0.4, -0.2) is 13.7 Å². The van der Waals surface area contributed by atoms with Crippen molar-refractivity contribution >= 4 is 71.1 Å². The van der Waals surface area contributed by atoms with Crippen molar-refractivity contribution in [2.45, 2.75) is 0 Å². The molecule has 5 heteroatoms. The molecular formula is C50H29N5. The molecule has 0 spiro atoms. The molecule has 0 saturated carbocycles. The minimum Gasteiger partial charge on any atom is -0.309 e. The second kappa shape index (κ2) is 11.8. The van der Waals surface area contributed by atoms with Crippen LogP contribution in [0.2, 0.25) is 0 Å². The summed E-state index contributed by atoms with van der Waals surface area (Å²) in [5.74, 6) is 0. The lowest BCUT2D eigenvalue weighted by molar-refractivity contribution is 1.15. The lowest BCUT2D eigenvalue weighted by Gasteiger charge is -2.14. The molecule has 0 bridgehead atoms. The monoisotopic (exact) mass is 699 g/mol. The third-order valence-electron chi connectivity index (χ3n) is 11.1. The zero-order chi connectivity index (χ0) is 36.6. The summed E-state index contributed by atoms with van der Waals surface area (Å²) in [6.07, 6.45) is 0. The molecule has 0 unspecified atom stereocenters. The van der Waals surface area contributed by atoms with Crippen LogP contribution in [0.25, 0.3) is 98.5 Å². The Kier molecular flexibility index (Phi) is 6.61. The molecule has 0 aliphatic rings. The van der Waals surface area contributed by atoms with E-state index in [4.69, 9.17) is 6.57 Å². The predicted molar refractivity (Wildman–Crippen MR) is 226 cm³/mol. The lowest BCUT2D eigenvalue weighted by Crippen LogP contribution is -1.98. The van der Waals surface area contributed by atoms with Crippen LogP contribution in [0.15, 0.2) is 176 Å². The Morgan fingerprint density at radius 3 is 1.49 bits per heavy atom. The van der Waals surface area contributed by atoms with Gasteiger partial charge in [-0.2, -0.15) is 5.26 Å². The number of hydrogen-bond donors (Lipinski definition) is 0. The van der Waals surface area contributed by atoms with E-state index in [1.165, 1.54) is 32.6 Å². The molecule has 3 aromatic heterocycles. The molecule has 254 valence electrons. The molecule has 0 radical (unpaired) electrons. The number of fused-ring (bicyclic) bond motifs is 9. The minimum atomic E-state index is 0.592. The number of hydrogen-bond acceptors (Lipinski definition) is 1. The van der Waals surface area contributed by atoms with E-state index in [2.05, 4.69) is 164 Å². The van der Waals surface area contributed by atoms with Gasteiger partial charge in [-0.1, -0.05) is 103 Å². The highest BCUT2D eigenvalue weighted by Gasteiger charge is 2.18. The van der Waals surface area contributed by atoms with Gasteiger partial charge in [0.15, 0.2) is 5.69 Å². The van der Waals surface area contributed by atoms with E-state index >= 15 is 0 Å². The van der Waals surface area contributed by atoms with Gasteiger partial charge in [0.05, 0.1) is 51.3 Å². The summed E-state index contributed by atoms with van der Waals surface area (Å²) in [5, 5.41) is 17.5. The van der Waals surface area contributed by atoms with Crippen molar-refractivity contribution in [1.82, 2.24) is 13.7 Å². The molecule has 11 rings (SSSR count). The second-order valence-electron chi connectivity index (χ2n) is 14.0. The Morgan fingerprint density at radius 1 is 0.400 bits per heavy atom. The quantitative estimate of drug-likeness (QED) is 0.169. The SMILES string of the molecule is [C-]#[N+]c1ccc2c(c1)c1ccccc1n2-c1ccc(-c2cccc(-n3c4ccccc4c4ccc(-n5c6ccccc6c6ccccc65)cc43)c2)c(C#N)c1. The zero-order valence-electron chi connectivity index (χ0n) is 29.5. The van der Waals surface area contributed by atoms with Crippen molar-refractivity contribution in [3.8, 4) is 34.3 Å². The summed E-state index contributed by atoms with van der Waals surface area (Å²) < 4.78 is 6.90. The van der Waals surface area contributed by atoms with Gasteiger partial charge in [-0.15, -0.1) is 0 Å². The molecule has 0 fully saturated rings. The Balaban J connectivity index is 1.08. The fourth-order valence-electron chi connectivity index (χ4n) is 8.71. The number of benzene rings is 8. The molecule has 3 heterocycles.